The van der Waals surface area contributed by atoms with E-state index in [2.05, 4.69) is 21.2 Å². The second-order valence-corrected chi connectivity index (χ2v) is 6.18. The van der Waals surface area contributed by atoms with Gasteiger partial charge in [0.05, 0.1) is 4.47 Å². The lowest BCUT2D eigenvalue weighted by Gasteiger charge is -2.34. The van der Waals surface area contributed by atoms with Crippen molar-refractivity contribution in [1.82, 2.24) is 5.32 Å². The Balaban J connectivity index is 2.05. The lowest BCUT2D eigenvalue weighted by molar-refractivity contribution is -0.153. The first-order valence-electron chi connectivity index (χ1n) is 7.09. The molecule has 1 aliphatic heterocycles. The van der Waals surface area contributed by atoms with Gasteiger partial charge in [0, 0.05) is 26.1 Å². The van der Waals surface area contributed by atoms with Gasteiger partial charge in [-0.15, -0.1) is 0 Å². The first-order chi connectivity index (χ1) is 10.8. The predicted octanol–water partition coefficient (Wildman–Crippen LogP) is 2.11. The highest BCUT2D eigenvalue weighted by Gasteiger charge is 2.42. The number of aliphatic carboxylic acids is 1. The third-order valence-electron chi connectivity index (χ3n) is 3.69. The molecule has 6 nitrogen and oxygen atoms in total. The number of rotatable bonds is 5. The number of hydrogen-bond donors (Lipinski definition) is 2. The minimum Gasteiger partial charge on any atom is -0.480 e. The van der Waals surface area contributed by atoms with Crippen molar-refractivity contribution in [2.75, 3.05) is 13.2 Å². The Morgan fingerprint density at radius 3 is 2.65 bits per heavy atom. The normalized spacial score (nSPS) is 18.0. The Morgan fingerprint density at radius 2 is 2.09 bits per heavy atom. The summed E-state index contributed by atoms with van der Waals surface area (Å²) in [5.74, 6) is -1.78. The van der Waals surface area contributed by atoms with Crippen LogP contribution < -0.4 is 10.1 Å². The summed E-state index contributed by atoms with van der Waals surface area (Å²) in [6.07, 6.45) is -0.543. The van der Waals surface area contributed by atoms with Crippen LogP contribution in [0.15, 0.2) is 22.7 Å². The van der Waals surface area contributed by atoms with Crippen LogP contribution >= 0.6 is 15.9 Å². The molecule has 1 fully saturated rings. The van der Waals surface area contributed by atoms with E-state index in [9.17, 15) is 19.1 Å². The van der Waals surface area contributed by atoms with E-state index in [0.29, 0.717) is 10.2 Å². The summed E-state index contributed by atoms with van der Waals surface area (Å²) in [6.45, 7) is 2.04. The lowest BCUT2D eigenvalue weighted by Crippen LogP contribution is -2.59. The number of amides is 1. The molecule has 2 N–H and O–H groups in total. The Labute approximate surface area is 141 Å². The molecule has 0 aliphatic carbocycles. The van der Waals surface area contributed by atoms with Crippen LogP contribution in [0.5, 0.6) is 5.75 Å². The van der Waals surface area contributed by atoms with Gasteiger partial charge in [0.15, 0.2) is 6.10 Å². The molecule has 23 heavy (non-hydrogen) atoms. The van der Waals surface area contributed by atoms with Gasteiger partial charge in [-0.25, -0.2) is 9.18 Å². The molecule has 1 heterocycles. The van der Waals surface area contributed by atoms with Crippen molar-refractivity contribution >= 4 is 27.8 Å². The molecule has 0 spiro atoms. The highest BCUT2D eigenvalue weighted by molar-refractivity contribution is 9.10. The van der Waals surface area contributed by atoms with Gasteiger partial charge >= 0.3 is 5.97 Å². The third kappa shape index (κ3) is 4.20. The minimum atomic E-state index is -1.34. The standard InChI is InChI=1S/C15H17BrFNO5/c1-9(23-12-3-2-10(17)8-11(12)16)13(19)18-15(14(20)21)4-6-22-7-5-15/h2-3,8-9H,4-7H2,1H3,(H,18,19)(H,20,21). The Hall–Kier alpha value is -1.67. The van der Waals surface area contributed by atoms with Crippen LogP contribution in [-0.2, 0) is 14.3 Å². The smallest absolute Gasteiger partial charge is 0.329 e. The van der Waals surface area contributed by atoms with Crippen molar-refractivity contribution in [3.05, 3.63) is 28.5 Å². The van der Waals surface area contributed by atoms with Crippen LogP contribution in [0.25, 0.3) is 0 Å². The van der Waals surface area contributed by atoms with Gasteiger partial charge in [-0.2, -0.15) is 0 Å². The first kappa shape index (κ1) is 17.7. The van der Waals surface area contributed by atoms with Gasteiger partial charge in [-0.05, 0) is 41.1 Å². The number of carbonyl (C=O) groups excluding carboxylic acids is 1. The second kappa shape index (κ2) is 7.27. The number of nitrogens with one attached hydrogen (secondary N) is 1. The summed E-state index contributed by atoms with van der Waals surface area (Å²) in [5.41, 5.74) is -1.34. The monoisotopic (exact) mass is 389 g/mol. The summed E-state index contributed by atoms with van der Waals surface area (Å²) >= 11 is 3.15. The van der Waals surface area contributed by atoms with Crippen LogP contribution in [0.4, 0.5) is 4.39 Å². The molecule has 0 aromatic heterocycles. The summed E-state index contributed by atoms with van der Waals surface area (Å²) < 4.78 is 24.1. The van der Waals surface area contributed by atoms with E-state index in [1.165, 1.54) is 25.1 Å². The SMILES string of the molecule is CC(Oc1ccc(F)cc1Br)C(=O)NC1(C(=O)O)CCOCC1. The fourth-order valence-corrected chi connectivity index (χ4v) is 2.71. The topological polar surface area (TPSA) is 84.9 Å². The maximum Gasteiger partial charge on any atom is 0.329 e. The van der Waals surface area contributed by atoms with Crippen molar-refractivity contribution in [3.8, 4) is 5.75 Å². The second-order valence-electron chi connectivity index (χ2n) is 5.32. The first-order valence-corrected chi connectivity index (χ1v) is 7.88. The highest BCUT2D eigenvalue weighted by atomic mass is 79.9. The Bertz CT molecular complexity index is 604. The fraction of sp³-hybridized carbons (Fsp3) is 0.467. The van der Waals surface area contributed by atoms with Crippen molar-refractivity contribution in [3.63, 3.8) is 0 Å². The summed E-state index contributed by atoms with van der Waals surface area (Å²) in [5, 5.41) is 12.0. The van der Waals surface area contributed by atoms with E-state index >= 15 is 0 Å². The number of carbonyl (C=O) groups is 2. The van der Waals surface area contributed by atoms with Crippen LogP contribution in [0.1, 0.15) is 19.8 Å². The van der Waals surface area contributed by atoms with Crippen molar-refractivity contribution < 1.29 is 28.6 Å². The zero-order chi connectivity index (χ0) is 17.0. The zero-order valence-corrected chi connectivity index (χ0v) is 14.1. The average molecular weight is 390 g/mol. The van der Waals surface area contributed by atoms with Gasteiger partial charge in [0.1, 0.15) is 17.1 Å². The van der Waals surface area contributed by atoms with Crippen molar-refractivity contribution in [2.45, 2.75) is 31.4 Å². The van der Waals surface area contributed by atoms with Crippen LogP contribution in [-0.4, -0.2) is 41.8 Å². The number of benzene rings is 1. The quantitative estimate of drug-likeness (QED) is 0.805. The largest absolute Gasteiger partial charge is 0.480 e. The molecule has 8 heteroatoms. The number of ether oxygens (including phenoxy) is 2. The number of hydrogen-bond acceptors (Lipinski definition) is 4. The number of halogens is 2. The van der Waals surface area contributed by atoms with E-state index < -0.39 is 29.3 Å². The van der Waals surface area contributed by atoms with Gasteiger partial charge in [-0.1, -0.05) is 0 Å². The van der Waals surface area contributed by atoms with Crippen molar-refractivity contribution in [2.24, 2.45) is 0 Å². The maximum atomic E-state index is 13.0. The Kier molecular flexibility index (Phi) is 5.59. The van der Waals surface area contributed by atoms with E-state index in [-0.39, 0.29) is 26.1 Å². The molecular weight excluding hydrogens is 373 g/mol. The molecule has 1 saturated heterocycles. The van der Waals surface area contributed by atoms with E-state index in [4.69, 9.17) is 9.47 Å². The summed E-state index contributed by atoms with van der Waals surface area (Å²) in [6, 6.07) is 3.82. The van der Waals surface area contributed by atoms with E-state index in [1.807, 2.05) is 0 Å². The predicted molar refractivity (Wildman–Crippen MR) is 82.8 cm³/mol. The van der Waals surface area contributed by atoms with E-state index in [1.54, 1.807) is 0 Å². The van der Waals surface area contributed by atoms with Crippen LogP contribution in [0, 0.1) is 5.82 Å². The molecule has 1 amide bonds. The maximum absolute atomic E-state index is 13.0. The zero-order valence-electron chi connectivity index (χ0n) is 12.5. The molecule has 0 bridgehead atoms. The molecule has 1 unspecified atom stereocenters. The van der Waals surface area contributed by atoms with Crippen LogP contribution in [0.3, 0.4) is 0 Å². The molecule has 1 atom stereocenters. The molecule has 0 radical (unpaired) electrons. The van der Waals surface area contributed by atoms with Crippen molar-refractivity contribution in [1.29, 1.82) is 0 Å². The van der Waals surface area contributed by atoms with Gasteiger partial charge < -0.3 is 19.9 Å². The summed E-state index contributed by atoms with van der Waals surface area (Å²) in [4.78, 5) is 23.8. The fourth-order valence-electron chi connectivity index (χ4n) is 2.26. The average Bonchev–Trinajstić information content (AvgIpc) is 2.50. The number of carboxylic acids is 1. The van der Waals surface area contributed by atoms with Gasteiger partial charge in [0.2, 0.25) is 0 Å². The van der Waals surface area contributed by atoms with E-state index in [0.717, 1.165) is 0 Å². The van der Waals surface area contributed by atoms with Crippen LogP contribution in [0.2, 0.25) is 0 Å². The summed E-state index contributed by atoms with van der Waals surface area (Å²) in [7, 11) is 0. The minimum absolute atomic E-state index is 0.195. The molecule has 0 saturated carbocycles. The highest BCUT2D eigenvalue weighted by Crippen LogP contribution is 2.27. The third-order valence-corrected chi connectivity index (χ3v) is 4.30. The Morgan fingerprint density at radius 1 is 1.43 bits per heavy atom. The van der Waals surface area contributed by atoms with Gasteiger partial charge in [0.25, 0.3) is 5.91 Å². The molecule has 1 aromatic rings. The molecular formula is C15H17BrFNO5. The molecule has 1 aliphatic rings. The number of carboxylic acid groups (broad SMARTS) is 1. The molecule has 126 valence electrons. The molecule has 2 rings (SSSR count). The lowest BCUT2D eigenvalue weighted by atomic mass is 9.90. The molecule has 1 aromatic carbocycles. The van der Waals surface area contributed by atoms with Gasteiger partial charge in [-0.3, -0.25) is 4.79 Å².